The fourth-order valence-electron chi connectivity index (χ4n) is 3.28. The van der Waals surface area contributed by atoms with Crippen LogP contribution in [0, 0.1) is 0 Å². The molecule has 0 spiro atoms. The lowest BCUT2D eigenvalue weighted by Gasteiger charge is -2.08. The summed E-state index contributed by atoms with van der Waals surface area (Å²) in [5.41, 5.74) is 2.48. The van der Waals surface area contributed by atoms with E-state index in [1.807, 2.05) is 18.3 Å². The molecular weight excluding hydrogens is 352 g/mol. The van der Waals surface area contributed by atoms with Crippen molar-refractivity contribution >= 4 is 22.1 Å². The lowest BCUT2D eigenvalue weighted by atomic mass is 10.0. The van der Waals surface area contributed by atoms with E-state index < -0.39 is 0 Å². The highest BCUT2D eigenvalue weighted by atomic mass is 32.1. The third-order valence-electron chi connectivity index (χ3n) is 4.65. The number of benzene rings is 3. The van der Waals surface area contributed by atoms with Crippen LogP contribution >= 0.6 is 11.3 Å². The van der Waals surface area contributed by atoms with Crippen molar-refractivity contribution in [3.63, 3.8) is 0 Å². The number of nitrogens with one attached hydrogen (secondary N) is 1. The first kappa shape index (κ1) is 17.7. The van der Waals surface area contributed by atoms with Gasteiger partial charge in [0.1, 0.15) is 10.8 Å². The van der Waals surface area contributed by atoms with E-state index >= 15 is 0 Å². The van der Waals surface area contributed by atoms with Crippen LogP contribution in [-0.2, 0) is 13.0 Å². The number of para-hydroxylation sites is 1. The smallest absolute Gasteiger partial charge is 0.122 e. The summed E-state index contributed by atoms with van der Waals surface area (Å²) in [5.74, 6) is 0.951. The van der Waals surface area contributed by atoms with Crippen molar-refractivity contribution in [2.45, 2.75) is 13.0 Å². The topological polar surface area (TPSA) is 34.1 Å². The van der Waals surface area contributed by atoms with Crippen LogP contribution in [0.1, 0.15) is 10.6 Å². The summed E-state index contributed by atoms with van der Waals surface area (Å²) < 4.78 is 5.41. The molecule has 27 heavy (non-hydrogen) atoms. The van der Waals surface area contributed by atoms with Gasteiger partial charge in [-0.25, -0.2) is 4.98 Å². The van der Waals surface area contributed by atoms with Crippen LogP contribution in [0.15, 0.2) is 72.9 Å². The van der Waals surface area contributed by atoms with Crippen LogP contribution in [-0.4, -0.2) is 18.6 Å². The molecule has 0 aliphatic carbocycles. The Kier molecular flexibility index (Phi) is 5.47. The van der Waals surface area contributed by atoms with Gasteiger partial charge in [0.05, 0.1) is 12.0 Å². The molecule has 4 rings (SSSR count). The number of aromatic nitrogens is 1. The molecule has 4 aromatic rings. The Morgan fingerprint density at radius 2 is 1.78 bits per heavy atom. The molecule has 0 aliphatic rings. The standard InChI is InChI=1S/C23H22N2OS/c1-26-21-12-5-3-8-18(21)13-14-24-16-23-25-15-22(27-23)20-11-6-9-17-7-2-4-10-19(17)20/h2-12,15,24H,13-14,16H2,1H3. The zero-order valence-electron chi connectivity index (χ0n) is 15.3. The van der Waals surface area contributed by atoms with Crippen LogP contribution in [0.25, 0.3) is 21.2 Å². The number of fused-ring (bicyclic) bond motifs is 1. The summed E-state index contributed by atoms with van der Waals surface area (Å²) in [6.45, 7) is 1.67. The van der Waals surface area contributed by atoms with Gasteiger partial charge in [-0.3, -0.25) is 0 Å². The number of rotatable bonds is 7. The maximum absolute atomic E-state index is 5.41. The molecule has 0 amide bonds. The Morgan fingerprint density at radius 3 is 2.70 bits per heavy atom. The number of nitrogens with zero attached hydrogens (tertiary/aromatic N) is 1. The minimum Gasteiger partial charge on any atom is -0.496 e. The average molecular weight is 375 g/mol. The number of hydrogen-bond donors (Lipinski definition) is 1. The lowest BCUT2D eigenvalue weighted by molar-refractivity contribution is 0.409. The second-order valence-corrected chi connectivity index (χ2v) is 7.50. The summed E-state index contributed by atoms with van der Waals surface area (Å²) in [6.07, 6.45) is 2.93. The monoisotopic (exact) mass is 374 g/mol. The van der Waals surface area contributed by atoms with E-state index in [-0.39, 0.29) is 0 Å². The molecule has 0 aliphatic heterocycles. The normalized spacial score (nSPS) is 11.0. The SMILES string of the molecule is COc1ccccc1CCNCc1ncc(-c2cccc3ccccc23)s1. The van der Waals surface area contributed by atoms with E-state index in [1.165, 1.54) is 26.8 Å². The van der Waals surface area contributed by atoms with Crippen LogP contribution in [0.5, 0.6) is 5.75 Å². The summed E-state index contributed by atoms with van der Waals surface area (Å²) in [5, 5.41) is 7.15. The first-order chi connectivity index (χ1) is 13.3. The summed E-state index contributed by atoms with van der Waals surface area (Å²) in [6, 6.07) is 23.1. The van der Waals surface area contributed by atoms with Gasteiger partial charge in [0, 0.05) is 18.3 Å². The van der Waals surface area contributed by atoms with E-state index in [2.05, 4.69) is 64.9 Å². The highest BCUT2D eigenvalue weighted by Crippen LogP contribution is 2.32. The minimum absolute atomic E-state index is 0.782. The first-order valence-electron chi connectivity index (χ1n) is 9.10. The van der Waals surface area contributed by atoms with Crippen LogP contribution in [0.4, 0.5) is 0 Å². The van der Waals surface area contributed by atoms with Crippen LogP contribution in [0.2, 0.25) is 0 Å². The second kappa shape index (κ2) is 8.33. The molecule has 1 N–H and O–H groups in total. The van der Waals surface area contributed by atoms with Gasteiger partial charge in [0.15, 0.2) is 0 Å². The summed E-state index contributed by atoms with van der Waals surface area (Å²) >= 11 is 1.76. The molecule has 0 saturated heterocycles. The number of ether oxygens (including phenoxy) is 1. The number of methoxy groups -OCH3 is 1. The minimum atomic E-state index is 0.782. The maximum atomic E-state index is 5.41. The average Bonchev–Trinajstić information content (AvgIpc) is 3.20. The lowest BCUT2D eigenvalue weighted by Crippen LogP contribution is -2.16. The van der Waals surface area contributed by atoms with Crippen molar-refractivity contribution < 1.29 is 4.74 Å². The van der Waals surface area contributed by atoms with Crippen molar-refractivity contribution in [2.75, 3.05) is 13.7 Å². The predicted molar refractivity (Wildman–Crippen MR) is 113 cm³/mol. The van der Waals surface area contributed by atoms with Gasteiger partial charge in [0.2, 0.25) is 0 Å². The highest BCUT2D eigenvalue weighted by Gasteiger charge is 2.08. The van der Waals surface area contributed by atoms with E-state index in [1.54, 1.807) is 18.4 Å². The molecule has 0 fully saturated rings. The van der Waals surface area contributed by atoms with Crippen LogP contribution in [0.3, 0.4) is 0 Å². The third-order valence-corrected chi connectivity index (χ3v) is 5.68. The van der Waals surface area contributed by atoms with Crippen molar-refractivity contribution in [1.82, 2.24) is 10.3 Å². The number of hydrogen-bond acceptors (Lipinski definition) is 4. The van der Waals surface area contributed by atoms with Crippen molar-refractivity contribution in [2.24, 2.45) is 0 Å². The van der Waals surface area contributed by atoms with Gasteiger partial charge in [-0.05, 0) is 35.4 Å². The molecule has 136 valence electrons. The Balaban J connectivity index is 1.40. The Labute approximate surface area is 163 Å². The molecule has 3 nitrogen and oxygen atoms in total. The van der Waals surface area contributed by atoms with E-state index in [4.69, 9.17) is 4.74 Å². The molecule has 1 heterocycles. The largest absolute Gasteiger partial charge is 0.496 e. The molecule has 4 heteroatoms. The van der Waals surface area contributed by atoms with Gasteiger partial charge in [-0.2, -0.15) is 0 Å². The molecule has 0 bridgehead atoms. The summed E-state index contributed by atoms with van der Waals surface area (Å²) in [4.78, 5) is 5.83. The Bertz CT molecular complexity index is 1040. The van der Waals surface area contributed by atoms with Crippen molar-refractivity contribution in [3.05, 3.63) is 83.5 Å². The van der Waals surface area contributed by atoms with Gasteiger partial charge < -0.3 is 10.1 Å². The second-order valence-electron chi connectivity index (χ2n) is 6.38. The molecule has 3 aromatic carbocycles. The van der Waals surface area contributed by atoms with Gasteiger partial charge >= 0.3 is 0 Å². The van der Waals surface area contributed by atoms with E-state index in [9.17, 15) is 0 Å². The van der Waals surface area contributed by atoms with Gasteiger partial charge in [0.25, 0.3) is 0 Å². The van der Waals surface area contributed by atoms with E-state index in [0.717, 1.165) is 30.3 Å². The zero-order valence-corrected chi connectivity index (χ0v) is 16.1. The fourth-order valence-corrected chi connectivity index (χ4v) is 4.21. The maximum Gasteiger partial charge on any atom is 0.122 e. The Hall–Kier alpha value is -2.69. The third kappa shape index (κ3) is 4.02. The summed E-state index contributed by atoms with van der Waals surface area (Å²) in [7, 11) is 1.72. The molecular formula is C23H22N2OS. The first-order valence-corrected chi connectivity index (χ1v) is 9.92. The van der Waals surface area contributed by atoms with Crippen molar-refractivity contribution in [3.8, 4) is 16.2 Å². The molecule has 0 radical (unpaired) electrons. The van der Waals surface area contributed by atoms with Gasteiger partial charge in [-0.15, -0.1) is 11.3 Å². The van der Waals surface area contributed by atoms with E-state index in [0.29, 0.717) is 0 Å². The van der Waals surface area contributed by atoms with Crippen molar-refractivity contribution in [1.29, 1.82) is 0 Å². The quantitative estimate of drug-likeness (QED) is 0.446. The predicted octanol–water partition coefficient (Wildman–Crippen LogP) is 5.30. The Morgan fingerprint density at radius 1 is 0.963 bits per heavy atom. The molecule has 0 atom stereocenters. The molecule has 1 aromatic heterocycles. The zero-order chi connectivity index (χ0) is 18.5. The fraction of sp³-hybridized carbons (Fsp3) is 0.174. The van der Waals surface area contributed by atoms with Gasteiger partial charge in [-0.1, -0.05) is 60.7 Å². The highest BCUT2D eigenvalue weighted by molar-refractivity contribution is 7.15. The van der Waals surface area contributed by atoms with Crippen LogP contribution < -0.4 is 10.1 Å². The molecule has 0 saturated carbocycles. The molecule has 0 unspecified atom stereocenters. The number of thiazole rings is 1.